The quantitative estimate of drug-likeness (QED) is 0.592. The summed E-state index contributed by atoms with van der Waals surface area (Å²) in [5.41, 5.74) is 2.32. The topological polar surface area (TPSA) is 77.6 Å². The molecule has 4 rings (SSSR count). The lowest BCUT2D eigenvalue weighted by atomic mass is 10.2. The van der Waals surface area contributed by atoms with E-state index in [1.807, 2.05) is 24.3 Å². The number of aromatic nitrogens is 5. The van der Waals surface area contributed by atoms with E-state index in [1.165, 1.54) is 17.1 Å². The monoisotopic (exact) mass is 362 g/mol. The molecule has 0 fully saturated rings. The van der Waals surface area contributed by atoms with Crippen LogP contribution in [-0.4, -0.2) is 30.5 Å². The van der Waals surface area contributed by atoms with Gasteiger partial charge in [-0.3, -0.25) is 4.79 Å². The van der Waals surface area contributed by atoms with E-state index in [4.69, 9.17) is 0 Å². The summed E-state index contributed by atoms with van der Waals surface area (Å²) in [7, 11) is 0. The van der Waals surface area contributed by atoms with Crippen LogP contribution in [0.3, 0.4) is 0 Å². The minimum absolute atomic E-state index is 0.220. The van der Waals surface area contributed by atoms with E-state index >= 15 is 0 Å². The molecule has 0 bridgehead atoms. The molecule has 2 aromatic heterocycles. The number of halogens is 1. The van der Waals surface area contributed by atoms with E-state index in [1.54, 1.807) is 41.5 Å². The van der Waals surface area contributed by atoms with Crippen LogP contribution in [0.2, 0.25) is 0 Å². The largest absolute Gasteiger partial charge is 0.347 e. The van der Waals surface area contributed by atoms with Gasteiger partial charge in [0.1, 0.15) is 24.2 Å². The number of carbonyl (C=O) groups excluding carboxylic acids is 1. The fraction of sp³-hybridized carbons (Fsp3) is 0.0526. The van der Waals surface area contributed by atoms with Gasteiger partial charge < -0.3 is 5.32 Å². The van der Waals surface area contributed by atoms with Crippen LogP contribution in [0.5, 0.6) is 0 Å². The van der Waals surface area contributed by atoms with Crippen LogP contribution in [0.25, 0.3) is 11.4 Å². The molecule has 7 nitrogen and oxygen atoms in total. The van der Waals surface area contributed by atoms with Gasteiger partial charge in [-0.2, -0.15) is 10.2 Å². The molecule has 0 unspecified atom stereocenters. The molecule has 0 aliphatic heterocycles. The van der Waals surface area contributed by atoms with Gasteiger partial charge in [-0.05, 0) is 35.9 Å². The van der Waals surface area contributed by atoms with Crippen molar-refractivity contribution in [2.45, 2.75) is 6.54 Å². The molecule has 0 saturated heterocycles. The number of hydrogen-bond acceptors (Lipinski definition) is 4. The second-order valence-electron chi connectivity index (χ2n) is 5.79. The van der Waals surface area contributed by atoms with Gasteiger partial charge >= 0.3 is 0 Å². The van der Waals surface area contributed by atoms with Gasteiger partial charge in [0.05, 0.1) is 5.69 Å². The average molecular weight is 362 g/mol. The van der Waals surface area contributed by atoms with Gasteiger partial charge in [0.25, 0.3) is 5.91 Å². The standard InChI is InChI=1S/C19H15FN6O/c20-16-3-1-2-4-18(16)25-10-9-17(24-25)19(27)22-11-14-5-7-15(8-6-14)26-13-21-12-23-26/h1-10,12-13H,11H2,(H,22,27). The van der Waals surface area contributed by atoms with Crippen LogP contribution in [0.15, 0.2) is 73.4 Å². The molecular formula is C19H15FN6O. The summed E-state index contributed by atoms with van der Waals surface area (Å²) in [5, 5.41) is 11.0. The van der Waals surface area contributed by atoms with Crippen LogP contribution in [-0.2, 0) is 6.54 Å². The van der Waals surface area contributed by atoms with Gasteiger partial charge in [0.15, 0.2) is 5.69 Å². The molecule has 1 N–H and O–H groups in total. The molecule has 134 valence electrons. The summed E-state index contributed by atoms with van der Waals surface area (Å²) < 4.78 is 16.8. The van der Waals surface area contributed by atoms with Crippen molar-refractivity contribution in [3.8, 4) is 11.4 Å². The smallest absolute Gasteiger partial charge is 0.272 e. The molecule has 0 radical (unpaired) electrons. The molecule has 0 aliphatic carbocycles. The summed E-state index contributed by atoms with van der Waals surface area (Å²) >= 11 is 0. The van der Waals surface area contributed by atoms with Crippen molar-refractivity contribution in [3.63, 3.8) is 0 Å². The third-order valence-electron chi connectivity index (χ3n) is 3.99. The zero-order chi connectivity index (χ0) is 18.6. The first-order chi connectivity index (χ1) is 13.2. The number of rotatable bonds is 5. The summed E-state index contributed by atoms with van der Waals surface area (Å²) in [6.07, 6.45) is 4.64. The third-order valence-corrected chi connectivity index (χ3v) is 3.99. The van der Waals surface area contributed by atoms with Gasteiger partial charge in [-0.15, -0.1) is 0 Å². The summed E-state index contributed by atoms with van der Waals surface area (Å²) in [4.78, 5) is 16.2. The molecule has 0 aliphatic rings. The Morgan fingerprint density at radius 2 is 1.85 bits per heavy atom. The van der Waals surface area contributed by atoms with Crippen molar-refractivity contribution in [1.29, 1.82) is 0 Å². The zero-order valence-electron chi connectivity index (χ0n) is 14.2. The minimum Gasteiger partial charge on any atom is -0.347 e. The molecule has 4 aromatic rings. The van der Waals surface area contributed by atoms with Gasteiger partial charge in [0, 0.05) is 12.7 Å². The van der Waals surface area contributed by atoms with E-state index in [2.05, 4.69) is 20.5 Å². The number of hydrogen-bond donors (Lipinski definition) is 1. The third kappa shape index (κ3) is 3.59. The number of nitrogens with one attached hydrogen (secondary N) is 1. The number of amides is 1. The maximum Gasteiger partial charge on any atom is 0.272 e. The first kappa shape index (κ1) is 16.6. The Morgan fingerprint density at radius 3 is 2.59 bits per heavy atom. The average Bonchev–Trinajstić information content (AvgIpc) is 3.39. The first-order valence-corrected chi connectivity index (χ1v) is 8.23. The molecular weight excluding hydrogens is 347 g/mol. The number of benzene rings is 2. The van der Waals surface area contributed by atoms with E-state index in [9.17, 15) is 9.18 Å². The predicted octanol–water partition coefficient (Wildman–Crippen LogP) is 2.52. The van der Waals surface area contributed by atoms with Crippen molar-refractivity contribution in [2.75, 3.05) is 0 Å². The van der Waals surface area contributed by atoms with Crippen molar-refractivity contribution in [2.24, 2.45) is 0 Å². The second kappa shape index (κ2) is 7.20. The minimum atomic E-state index is -0.403. The number of nitrogens with zero attached hydrogens (tertiary/aromatic N) is 5. The van der Waals surface area contributed by atoms with Gasteiger partial charge in [-0.1, -0.05) is 24.3 Å². The molecule has 0 atom stereocenters. The molecule has 27 heavy (non-hydrogen) atoms. The first-order valence-electron chi connectivity index (χ1n) is 8.23. The zero-order valence-corrected chi connectivity index (χ0v) is 14.2. The highest BCUT2D eigenvalue weighted by molar-refractivity contribution is 5.92. The van der Waals surface area contributed by atoms with Crippen LogP contribution in [0, 0.1) is 5.82 Å². The number of para-hydroxylation sites is 1. The molecule has 8 heteroatoms. The van der Waals surface area contributed by atoms with Crippen molar-refractivity contribution >= 4 is 5.91 Å². The maximum atomic E-state index is 13.8. The molecule has 1 amide bonds. The fourth-order valence-electron chi connectivity index (χ4n) is 2.60. The van der Waals surface area contributed by atoms with Crippen LogP contribution >= 0.6 is 0 Å². The summed E-state index contributed by atoms with van der Waals surface area (Å²) in [6, 6.07) is 15.4. The molecule has 0 spiro atoms. The number of carbonyl (C=O) groups is 1. The highest BCUT2D eigenvalue weighted by atomic mass is 19.1. The van der Waals surface area contributed by atoms with E-state index < -0.39 is 5.82 Å². The molecule has 2 heterocycles. The molecule has 0 saturated carbocycles. The lowest BCUT2D eigenvalue weighted by Crippen LogP contribution is -2.23. The fourth-order valence-corrected chi connectivity index (χ4v) is 2.60. The lowest BCUT2D eigenvalue weighted by Gasteiger charge is -2.06. The Bertz CT molecular complexity index is 1060. The molecule has 2 aromatic carbocycles. The summed E-state index contributed by atoms with van der Waals surface area (Å²) in [6.45, 7) is 0.350. The Labute approximate surface area is 154 Å². The summed E-state index contributed by atoms with van der Waals surface area (Å²) in [5.74, 6) is -0.731. The Morgan fingerprint density at radius 1 is 1.04 bits per heavy atom. The Kier molecular flexibility index (Phi) is 4.44. The van der Waals surface area contributed by atoms with E-state index in [0.29, 0.717) is 12.2 Å². The normalized spacial score (nSPS) is 10.7. The predicted molar refractivity (Wildman–Crippen MR) is 96.1 cm³/mol. The van der Waals surface area contributed by atoms with E-state index in [-0.39, 0.29) is 11.6 Å². The lowest BCUT2D eigenvalue weighted by molar-refractivity contribution is 0.0945. The maximum absolute atomic E-state index is 13.8. The highest BCUT2D eigenvalue weighted by Crippen LogP contribution is 2.12. The van der Waals surface area contributed by atoms with E-state index in [0.717, 1.165) is 11.3 Å². The second-order valence-corrected chi connectivity index (χ2v) is 5.79. The Balaban J connectivity index is 1.41. The van der Waals surface area contributed by atoms with Crippen molar-refractivity contribution in [3.05, 3.63) is 90.5 Å². The van der Waals surface area contributed by atoms with Crippen LogP contribution < -0.4 is 5.32 Å². The van der Waals surface area contributed by atoms with Crippen molar-refractivity contribution < 1.29 is 9.18 Å². The van der Waals surface area contributed by atoms with Gasteiger partial charge in [0.2, 0.25) is 0 Å². The Hall–Kier alpha value is -3.81. The van der Waals surface area contributed by atoms with Gasteiger partial charge in [-0.25, -0.2) is 18.7 Å². The van der Waals surface area contributed by atoms with Crippen LogP contribution in [0.4, 0.5) is 4.39 Å². The highest BCUT2D eigenvalue weighted by Gasteiger charge is 2.11. The van der Waals surface area contributed by atoms with Crippen molar-refractivity contribution in [1.82, 2.24) is 29.9 Å². The SMILES string of the molecule is O=C(NCc1ccc(-n2cncn2)cc1)c1ccn(-c2ccccc2F)n1. The van der Waals surface area contributed by atoms with Crippen LogP contribution in [0.1, 0.15) is 16.1 Å².